The first-order valence-corrected chi connectivity index (χ1v) is 10.7. The first-order chi connectivity index (χ1) is 13.5. The maximum atomic E-state index is 12.4. The second-order valence-electron chi connectivity index (χ2n) is 6.21. The van der Waals surface area contributed by atoms with Crippen LogP contribution in [0.4, 0.5) is 5.00 Å². The Morgan fingerprint density at radius 3 is 2.71 bits per heavy atom. The Balaban J connectivity index is 1.74. The molecule has 0 aromatic carbocycles. The molecule has 148 valence electrons. The number of hydrogen-bond acceptors (Lipinski definition) is 7. The van der Waals surface area contributed by atoms with Gasteiger partial charge in [0.05, 0.1) is 17.9 Å². The molecule has 0 saturated heterocycles. The van der Waals surface area contributed by atoms with Crippen LogP contribution in [0.3, 0.4) is 0 Å². The molecule has 0 saturated carbocycles. The fourth-order valence-corrected chi connectivity index (χ4v) is 4.91. The first-order valence-electron chi connectivity index (χ1n) is 9.02. The van der Waals surface area contributed by atoms with Gasteiger partial charge in [-0.1, -0.05) is 6.07 Å². The molecule has 0 fully saturated rings. The zero-order valence-electron chi connectivity index (χ0n) is 15.7. The summed E-state index contributed by atoms with van der Waals surface area (Å²) in [5.41, 5.74) is 4.17. The Hall–Kier alpha value is -2.52. The van der Waals surface area contributed by atoms with Gasteiger partial charge in [0, 0.05) is 9.75 Å². The number of ether oxygens (including phenoxy) is 1. The number of aryl methyl sites for hydroxylation is 1. The lowest BCUT2D eigenvalue weighted by Crippen LogP contribution is -2.33. The third kappa shape index (κ3) is 4.48. The number of fused-ring (bicyclic) bond motifs is 1. The maximum absolute atomic E-state index is 12.4. The summed E-state index contributed by atoms with van der Waals surface area (Å²) in [7, 11) is 0. The van der Waals surface area contributed by atoms with Gasteiger partial charge in [0.25, 0.3) is 0 Å². The van der Waals surface area contributed by atoms with Crippen molar-refractivity contribution in [3.8, 4) is 0 Å². The van der Waals surface area contributed by atoms with Crippen LogP contribution in [0.25, 0.3) is 0 Å². The van der Waals surface area contributed by atoms with E-state index in [1.54, 1.807) is 13.8 Å². The summed E-state index contributed by atoms with van der Waals surface area (Å²) in [6.45, 7) is 3.72. The molecule has 2 amide bonds. The highest BCUT2D eigenvalue weighted by Gasteiger charge is 2.28. The highest BCUT2D eigenvalue weighted by Crippen LogP contribution is 2.38. The van der Waals surface area contributed by atoms with Crippen LogP contribution in [-0.2, 0) is 27.2 Å². The molecule has 2 heterocycles. The minimum atomic E-state index is -0.892. The van der Waals surface area contributed by atoms with E-state index in [1.807, 2.05) is 17.5 Å². The van der Waals surface area contributed by atoms with Crippen LogP contribution in [0.2, 0.25) is 0 Å². The molecule has 1 aliphatic rings. The molecule has 0 aliphatic heterocycles. The molecule has 0 radical (unpaired) electrons. The van der Waals surface area contributed by atoms with E-state index in [1.165, 1.54) is 22.7 Å². The summed E-state index contributed by atoms with van der Waals surface area (Å²) in [6.07, 6.45) is 3.66. The van der Waals surface area contributed by atoms with E-state index in [0.29, 0.717) is 16.3 Å². The Labute approximate surface area is 170 Å². The maximum Gasteiger partial charge on any atom is 0.341 e. The lowest BCUT2D eigenvalue weighted by molar-refractivity contribution is -0.136. The molecule has 0 bridgehead atoms. The van der Waals surface area contributed by atoms with Crippen molar-refractivity contribution in [3.05, 3.63) is 38.4 Å². The summed E-state index contributed by atoms with van der Waals surface area (Å²) in [4.78, 5) is 38.8. The number of esters is 1. The largest absolute Gasteiger partial charge is 0.462 e. The Morgan fingerprint density at radius 1 is 1.21 bits per heavy atom. The predicted molar refractivity (Wildman–Crippen MR) is 110 cm³/mol. The average molecular weight is 420 g/mol. The van der Waals surface area contributed by atoms with Crippen molar-refractivity contribution >= 4 is 51.2 Å². The van der Waals surface area contributed by atoms with E-state index in [-0.39, 0.29) is 6.61 Å². The summed E-state index contributed by atoms with van der Waals surface area (Å²) >= 11 is 2.82. The number of amides is 2. The molecule has 2 aromatic heterocycles. The zero-order valence-corrected chi connectivity index (χ0v) is 17.3. The summed E-state index contributed by atoms with van der Waals surface area (Å²) in [5, 5.41) is 8.79. The quantitative estimate of drug-likeness (QED) is 0.336. The number of anilines is 1. The van der Waals surface area contributed by atoms with Gasteiger partial charge in [-0.2, -0.15) is 5.10 Å². The van der Waals surface area contributed by atoms with E-state index in [4.69, 9.17) is 4.74 Å². The molecule has 9 heteroatoms. The molecule has 28 heavy (non-hydrogen) atoms. The van der Waals surface area contributed by atoms with E-state index < -0.39 is 17.8 Å². The number of hydrazone groups is 1. The van der Waals surface area contributed by atoms with Gasteiger partial charge in [-0.05, 0) is 56.5 Å². The van der Waals surface area contributed by atoms with Crippen molar-refractivity contribution < 1.29 is 19.1 Å². The van der Waals surface area contributed by atoms with E-state index in [0.717, 1.165) is 41.0 Å². The van der Waals surface area contributed by atoms with Crippen molar-refractivity contribution in [2.75, 3.05) is 11.9 Å². The second kappa shape index (κ2) is 9.11. The van der Waals surface area contributed by atoms with E-state index in [9.17, 15) is 14.4 Å². The minimum Gasteiger partial charge on any atom is -0.462 e. The summed E-state index contributed by atoms with van der Waals surface area (Å²) in [6, 6.07) is 3.75. The van der Waals surface area contributed by atoms with Gasteiger partial charge in [0.1, 0.15) is 5.00 Å². The highest BCUT2D eigenvalue weighted by molar-refractivity contribution is 7.17. The molecule has 0 atom stereocenters. The summed E-state index contributed by atoms with van der Waals surface area (Å²) < 4.78 is 5.15. The lowest BCUT2D eigenvalue weighted by atomic mass is 9.95. The molecule has 0 unspecified atom stereocenters. The van der Waals surface area contributed by atoms with Crippen LogP contribution < -0.4 is 10.7 Å². The monoisotopic (exact) mass is 419 g/mol. The molecule has 2 N–H and O–H groups in total. The number of hydrogen-bond donors (Lipinski definition) is 2. The van der Waals surface area contributed by atoms with Crippen molar-refractivity contribution in [3.63, 3.8) is 0 Å². The number of nitrogens with one attached hydrogen (secondary N) is 2. The molecule has 1 aliphatic carbocycles. The van der Waals surface area contributed by atoms with E-state index >= 15 is 0 Å². The van der Waals surface area contributed by atoms with Gasteiger partial charge in [-0.25, -0.2) is 10.2 Å². The van der Waals surface area contributed by atoms with Gasteiger partial charge < -0.3 is 10.1 Å². The normalized spacial score (nSPS) is 13.6. The predicted octanol–water partition coefficient (Wildman–Crippen LogP) is 3.34. The van der Waals surface area contributed by atoms with Crippen molar-refractivity contribution in [2.45, 2.75) is 39.5 Å². The molecular formula is C19H21N3O4S2. The number of thiophene rings is 2. The first kappa shape index (κ1) is 20.2. The van der Waals surface area contributed by atoms with Gasteiger partial charge >= 0.3 is 17.8 Å². The van der Waals surface area contributed by atoms with Gasteiger partial charge in [0.15, 0.2) is 0 Å². The van der Waals surface area contributed by atoms with Crippen LogP contribution >= 0.6 is 22.7 Å². The number of nitrogens with zero attached hydrogens (tertiary/aromatic N) is 1. The Morgan fingerprint density at radius 2 is 2.00 bits per heavy atom. The highest BCUT2D eigenvalue weighted by atomic mass is 32.1. The molecule has 7 nitrogen and oxygen atoms in total. The number of carbonyl (C=O) groups is 3. The fraction of sp³-hybridized carbons (Fsp3) is 0.368. The third-order valence-electron chi connectivity index (χ3n) is 4.29. The Kier molecular flexibility index (Phi) is 6.58. The fourth-order valence-electron chi connectivity index (χ4n) is 2.96. The number of carbonyl (C=O) groups excluding carboxylic acids is 3. The molecule has 0 spiro atoms. The zero-order chi connectivity index (χ0) is 20.1. The molecule has 2 aromatic rings. The van der Waals surface area contributed by atoms with Crippen LogP contribution in [0.1, 0.15) is 52.4 Å². The molecule has 3 rings (SSSR count). The van der Waals surface area contributed by atoms with Gasteiger partial charge in [-0.15, -0.1) is 22.7 Å². The smallest absolute Gasteiger partial charge is 0.341 e. The third-order valence-corrected chi connectivity index (χ3v) is 6.47. The second-order valence-corrected chi connectivity index (χ2v) is 8.26. The van der Waals surface area contributed by atoms with Crippen molar-refractivity contribution in [2.24, 2.45) is 5.10 Å². The van der Waals surface area contributed by atoms with Crippen molar-refractivity contribution in [1.82, 2.24) is 5.43 Å². The van der Waals surface area contributed by atoms with Crippen LogP contribution in [0.15, 0.2) is 22.6 Å². The summed E-state index contributed by atoms with van der Waals surface area (Å²) in [5.74, 6) is -2.23. The SMILES string of the molecule is CCOC(=O)c1c(NC(=O)C(=O)N/N=C(\C)c2cccs2)sc2c1CCCC2. The molecular weight excluding hydrogens is 398 g/mol. The average Bonchev–Trinajstić information content (AvgIpc) is 3.33. The topological polar surface area (TPSA) is 96.9 Å². The van der Waals surface area contributed by atoms with Gasteiger partial charge in [0.2, 0.25) is 0 Å². The number of rotatable bonds is 5. The lowest BCUT2D eigenvalue weighted by Gasteiger charge is -2.12. The standard InChI is InChI=1S/C19H21N3O4S2/c1-3-26-19(25)15-12-7-4-5-8-14(12)28-18(15)20-16(23)17(24)22-21-11(2)13-9-6-10-27-13/h6,9-10H,3-5,7-8H2,1-2H3,(H,20,23)(H,22,24)/b21-11+. The van der Waals surface area contributed by atoms with E-state index in [2.05, 4.69) is 15.8 Å². The Bertz CT molecular complexity index is 916. The van der Waals surface area contributed by atoms with Crippen molar-refractivity contribution in [1.29, 1.82) is 0 Å². The van der Waals surface area contributed by atoms with Gasteiger partial charge in [-0.3, -0.25) is 9.59 Å². The van der Waals surface area contributed by atoms with Crippen LogP contribution in [0, 0.1) is 0 Å². The van der Waals surface area contributed by atoms with Crippen LogP contribution in [0.5, 0.6) is 0 Å². The minimum absolute atomic E-state index is 0.244. The van der Waals surface area contributed by atoms with Crippen LogP contribution in [-0.4, -0.2) is 30.1 Å².